The molecule has 0 bridgehead atoms. The SMILES string of the molecule is C=CCOc1ccccc1CN=C(NCC)NCCCCCC(=O)OC. The minimum Gasteiger partial charge on any atom is -0.489 e. The third-order valence-corrected chi connectivity index (χ3v) is 3.66. The quantitative estimate of drug-likeness (QED) is 0.197. The van der Waals surface area contributed by atoms with Gasteiger partial charge in [0.25, 0.3) is 0 Å². The first-order valence-electron chi connectivity index (χ1n) is 9.11. The zero-order chi connectivity index (χ0) is 19.0. The van der Waals surface area contributed by atoms with Gasteiger partial charge in [-0.25, -0.2) is 4.99 Å². The smallest absolute Gasteiger partial charge is 0.305 e. The Hall–Kier alpha value is -2.50. The van der Waals surface area contributed by atoms with E-state index in [1.54, 1.807) is 6.08 Å². The Labute approximate surface area is 156 Å². The molecule has 0 unspecified atom stereocenters. The molecule has 144 valence electrons. The Morgan fingerprint density at radius 3 is 2.77 bits per heavy atom. The Morgan fingerprint density at radius 1 is 1.23 bits per heavy atom. The molecule has 0 atom stereocenters. The number of rotatable bonds is 12. The fourth-order valence-corrected chi connectivity index (χ4v) is 2.31. The number of benzene rings is 1. The van der Waals surface area contributed by atoms with Gasteiger partial charge < -0.3 is 20.1 Å². The van der Waals surface area contributed by atoms with Crippen LogP contribution in [-0.4, -0.2) is 38.7 Å². The maximum Gasteiger partial charge on any atom is 0.305 e. The molecule has 6 nitrogen and oxygen atoms in total. The zero-order valence-corrected chi connectivity index (χ0v) is 15.9. The van der Waals surface area contributed by atoms with Crippen molar-refractivity contribution in [3.8, 4) is 5.75 Å². The molecule has 2 N–H and O–H groups in total. The van der Waals surface area contributed by atoms with Crippen LogP contribution in [0.1, 0.15) is 38.2 Å². The number of unbranched alkanes of at least 4 members (excludes halogenated alkanes) is 2. The van der Waals surface area contributed by atoms with E-state index in [4.69, 9.17) is 4.74 Å². The summed E-state index contributed by atoms with van der Waals surface area (Å²) < 4.78 is 10.3. The molecular formula is C20H31N3O3. The molecule has 0 fully saturated rings. The number of methoxy groups -OCH3 is 1. The lowest BCUT2D eigenvalue weighted by Gasteiger charge is -2.12. The highest BCUT2D eigenvalue weighted by Gasteiger charge is 2.03. The van der Waals surface area contributed by atoms with Crippen LogP contribution in [-0.2, 0) is 16.1 Å². The minimum absolute atomic E-state index is 0.148. The standard InChI is InChI=1S/C20H31N3O3/c1-4-15-26-18-12-9-8-11-17(18)16-23-20(21-5-2)22-14-10-6-7-13-19(24)25-3/h4,8-9,11-12H,1,5-7,10,13-16H2,2-3H3,(H2,21,22,23). The summed E-state index contributed by atoms with van der Waals surface area (Å²) in [6, 6.07) is 7.88. The molecule has 0 aromatic heterocycles. The van der Waals surface area contributed by atoms with Crippen LogP contribution in [0.5, 0.6) is 5.75 Å². The molecule has 0 heterocycles. The van der Waals surface area contributed by atoms with Crippen LogP contribution < -0.4 is 15.4 Å². The molecule has 26 heavy (non-hydrogen) atoms. The van der Waals surface area contributed by atoms with Crippen molar-refractivity contribution in [3.63, 3.8) is 0 Å². The second kappa shape index (κ2) is 13.8. The fraction of sp³-hybridized carbons (Fsp3) is 0.500. The Kier molecular flexibility index (Phi) is 11.4. The number of para-hydroxylation sites is 1. The molecule has 0 spiro atoms. The molecule has 1 aromatic carbocycles. The fourth-order valence-electron chi connectivity index (χ4n) is 2.31. The average Bonchev–Trinajstić information content (AvgIpc) is 2.67. The first-order chi connectivity index (χ1) is 12.7. The average molecular weight is 361 g/mol. The number of nitrogens with zero attached hydrogens (tertiary/aromatic N) is 1. The van der Waals surface area contributed by atoms with Gasteiger partial charge in [0.15, 0.2) is 5.96 Å². The highest BCUT2D eigenvalue weighted by molar-refractivity contribution is 5.79. The molecule has 0 saturated carbocycles. The number of hydrogen-bond donors (Lipinski definition) is 2. The molecule has 1 aromatic rings. The third-order valence-electron chi connectivity index (χ3n) is 3.66. The summed E-state index contributed by atoms with van der Waals surface area (Å²) in [5.41, 5.74) is 1.03. The van der Waals surface area contributed by atoms with Crippen LogP contribution in [0.3, 0.4) is 0 Å². The van der Waals surface area contributed by atoms with Crippen molar-refractivity contribution in [2.45, 2.75) is 39.2 Å². The first-order valence-corrected chi connectivity index (χ1v) is 9.11. The monoisotopic (exact) mass is 361 g/mol. The van der Waals surface area contributed by atoms with Crippen LogP contribution in [0.4, 0.5) is 0 Å². The van der Waals surface area contributed by atoms with Crippen LogP contribution in [0.2, 0.25) is 0 Å². The zero-order valence-electron chi connectivity index (χ0n) is 15.9. The number of guanidine groups is 1. The second-order valence-corrected chi connectivity index (χ2v) is 5.72. The number of carbonyl (C=O) groups is 1. The van der Waals surface area contributed by atoms with E-state index in [-0.39, 0.29) is 5.97 Å². The van der Waals surface area contributed by atoms with Gasteiger partial charge in [-0.2, -0.15) is 0 Å². The Bertz CT molecular complexity index is 573. The van der Waals surface area contributed by atoms with E-state index < -0.39 is 0 Å². The summed E-state index contributed by atoms with van der Waals surface area (Å²) in [6.45, 7) is 8.32. The normalized spacial score (nSPS) is 10.9. The van der Waals surface area contributed by atoms with Crippen molar-refractivity contribution in [2.75, 3.05) is 26.8 Å². The summed E-state index contributed by atoms with van der Waals surface area (Å²) in [5.74, 6) is 1.46. The highest BCUT2D eigenvalue weighted by atomic mass is 16.5. The number of esters is 1. The second-order valence-electron chi connectivity index (χ2n) is 5.72. The first kappa shape index (κ1) is 21.5. The highest BCUT2D eigenvalue weighted by Crippen LogP contribution is 2.18. The number of aliphatic imine (C=N–C) groups is 1. The summed E-state index contributed by atoms with van der Waals surface area (Å²) in [5, 5.41) is 6.56. The van der Waals surface area contributed by atoms with Gasteiger partial charge in [0.05, 0.1) is 13.7 Å². The van der Waals surface area contributed by atoms with Gasteiger partial charge in [-0.05, 0) is 25.8 Å². The van der Waals surface area contributed by atoms with Crippen molar-refractivity contribution in [2.24, 2.45) is 4.99 Å². The Balaban J connectivity index is 2.46. The molecule has 0 aliphatic rings. The van der Waals surface area contributed by atoms with E-state index in [1.165, 1.54) is 7.11 Å². The van der Waals surface area contributed by atoms with Crippen LogP contribution in [0.25, 0.3) is 0 Å². The molecule has 1 rings (SSSR count). The maximum atomic E-state index is 11.1. The number of carbonyl (C=O) groups excluding carboxylic acids is 1. The van der Waals surface area contributed by atoms with Gasteiger partial charge in [-0.1, -0.05) is 37.3 Å². The van der Waals surface area contributed by atoms with Crippen molar-refractivity contribution < 1.29 is 14.3 Å². The lowest BCUT2D eigenvalue weighted by atomic mass is 10.2. The van der Waals surface area contributed by atoms with Gasteiger partial charge in [0, 0.05) is 25.1 Å². The van der Waals surface area contributed by atoms with Gasteiger partial charge in [-0.15, -0.1) is 0 Å². The van der Waals surface area contributed by atoms with Gasteiger partial charge in [0.1, 0.15) is 12.4 Å². The number of nitrogens with one attached hydrogen (secondary N) is 2. The van der Waals surface area contributed by atoms with E-state index in [0.717, 1.165) is 49.6 Å². The molecule has 0 saturated heterocycles. The molecule has 0 amide bonds. The topological polar surface area (TPSA) is 72.0 Å². The lowest BCUT2D eigenvalue weighted by molar-refractivity contribution is -0.140. The van der Waals surface area contributed by atoms with Crippen molar-refractivity contribution in [3.05, 3.63) is 42.5 Å². The van der Waals surface area contributed by atoms with Gasteiger partial charge in [0.2, 0.25) is 0 Å². The summed E-state index contributed by atoms with van der Waals surface area (Å²) in [4.78, 5) is 15.7. The number of hydrogen-bond acceptors (Lipinski definition) is 4. The van der Waals surface area contributed by atoms with E-state index in [1.807, 2.05) is 31.2 Å². The molecule has 6 heteroatoms. The molecule has 0 aliphatic carbocycles. The molecule has 0 radical (unpaired) electrons. The molecular weight excluding hydrogens is 330 g/mol. The van der Waals surface area contributed by atoms with Crippen molar-refractivity contribution in [1.29, 1.82) is 0 Å². The van der Waals surface area contributed by atoms with E-state index in [0.29, 0.717) is 19.6 Å². The van der Waals surface area contributed by atoms with Crippen molar-refractivity contribution >= 4 is 11.9 Å². The van der Waals surface area contributed by atoms with Crippen LogP contribution >= 0.6 is 0 Å². The summed E-state index contributed by atoms with van der Waals surface area (Å²) in [6.07, 6.45) is 4.99. The van der Waals surface area contributed by atoms with Crippen LogP contribution in [0.15, 0.2) is 41.9 Å². The largest absolute Gasteiger partial charge is 0.489 e. The van der Waals surface area contributed by atoms with E-state index >= 15 is 0 Å². The minimum atomic E-state index is -0.148. The summed E-state index contributed by atoms with van der Waals surface area (Å²) >= 11 is 0. The number of ether oxygens (including phenoxy) is 2. The third kappa shape index (κ3) is 9.11. The lowest BCUT2D eigenvalue weighted by Crippen LogP contribution is -2.37. The van der Waals surface area contributed by atoms with Crippen LogP contribution in [0, 0.1) is 0 Å². The maximum absolute atomic E-state index is 11.1. The van der Waals surface area contributed by atoms with Crippen molar-refractivity contribution in [1.82, 2.24) is 10.6 Å². The van der Waals surface area contributed by atoms with Gasteiger partial charge in [-0.3, -0.25) is 4.79 Å². The molecule has 0 aliphatic heterocycles. The predicted octanol–water partition coefficient (Wildman–Crippen LogP) is 3.04. The van der Waals surface area contributed by atoms with E-state index in [9.17, 15) is 4.79 Å². The predicted molar refractivity (Wildman–Crippen MR) is 105 cm³/mol. The summed E-state index contributed by atoms with van der Waals surface area (Å²) in [7, 11) is 1.42. The Morgan fingerprint density at radius 2 is 2.04 bits per heavy atom. The van der Waals surface area contributed by atoms with Gasteiger partial charge >= 0.3 is 5.97 Å². The van der Waals surface area contributed by atoms with E-state index in [2.05, 4.69) is 26.9 Å².